The van der Waals surface area contributed by atoms with E-state index in [-0.39, 0.29) is 5.78 Å². The number of halogens is 1. The van der Waals surface area contributed by atoms with Crippen molar-refractivity contribution >= 4 is 11.8 Å². The number of carbonyl (C=O) groups excluding carboxylic acids is 2. The molecule has 0 bridgehead atoms. The van der Waals surface area contributed by atoms with Crippen molar-refractivity contribution in [2.45, 2.75) is 0 Å². The van der Waals surface area contributed by atoms with E-state index in [2.05, 4.69) is 4.74 Å². The number of hydrogen-bond acceptors (Lipinski definition) is 3. The second-order valence-corrected chi connectivity index (χ2v) is 3.90. The minimum atomic E-state index is -0.458. The summed E-state index contributed by atoms with van der Waals surface area (Å²) in [6.45, 7) is 0. The van der Waals surface area contributed by atoms with E-state index in [0.29, 0.717) is 16.7 Å². The fraction of sp³-hybridized carbons (Fsp3) is 0.0667. The average Bonchev–Trinajstić information content (AvgIpc) is 2.46. The van der Waals surface area contributed by atoms with Crippen LogP contribution in [0.15, 0.2) is 48.5 Å². The Morgan fingerprint density at radius 1 is 0.842 bits per heavy atom. The molecule has 0 amide bonds. The molecule has 0 unspecified atom stereocenters. The number of hydrogen-bond donors (Lipinski definition) is 0. The predicted molar refractivity (Wildman–Crippen MR) is 67.6 cm³/mol. The summed E-state index contributed by atoms with van der Waals surface area (Å²) in [5, 5.41) is 0. The molecule has 2 aromatic rings. The van der Waals surface area contributed by atoms with Gasteiger partial charge in [0.15, 0.2) is 5.78 Å². The molecule has 96 valence electrons. The largest absolute Gasteiger partial charge is 0.465 e. The molecule has 4 heteroatoms. The fourth-order valence-corrected chi connectivity index (χ4v) is 1.64. The highest BCUT2D eigenvalue weighted by Gasteiger charge is 2.11. The highest BCUT2D eigenvalue weighted by atomic mass is 19.1. The van der Waals surface area contributed by atoms with Gasteiger partial charge in [0.25, 0.3) is 0 Å². The molecule has 0 fully saturated rings. The van der Waals surface area contributed by atoms with E-state index in [9.17, 15) is 14.0 Å². The molecule has 0 N–H and O–H groups in total. The number of benzene rings is 2. The standard InChI is InChI=1S/C15H11FO3/c1-19-15(18)12-4-2-10(3-5-12)14(17)11-6-8-13(16)9-7-11/h2-9H,1H3. The molecule has 19 heavy (non-hydrogen) atoms. The van der Waals surface area contributed by atoms with Crippen LogP contribution in [0.1, 0.15) is 26.3 Å². The number of carbonyl (C=O) groups is 2. The molecule has 2 rings (SSSR count). The number of methoxy groups -OCH3 is 1. The zero-order valence-corrected chi connectivity index (χ0v) is 10.2. The van der Waals surface area contributed by atoms with Gasteiger partial charge in [0.05, 0.1) is 12.7 Å². The van der Waals surface area contributed by atoms with Crippen LogP contribution in [0.5, 0.6) is 0 Å². The Bertz CT molecular complexity index is 600. The van der Waals surface area contributed by atoms with Crippen LogP contribution in [0.4, 0.5) is 4.39 Å². The maximum absolute atomic E-state index is 12.8. The van der Waals surface area contributed by atoms with E-state index in [1.54, 1.807) is 0 Å². The van der Waals surface area contributed by atoms with Gasteiger partial charge in [-0.1, -0.05) is 12.1 Å². The van der Waals surface area contributed by atoms with Crippen molar-refractivity contribution in [1.82, 2.24) is 0 Å². The second kappa shape index (κ2) is 5.44. The van der Waals surface area contributed by atoms with Crippen molar-refractivity contribution in [3.05, 3.63) is 71.0 Å². The quantitative estimate of drug-likeness (QED) is 0.628. The number of ketones is 1. The number of ether oxygens (including phenoxy) is 1. The van der Waals surface area contributed by atoms with Crippen molar-refractivity contribution in [2.24, 2.45) is 0 Å². The van der Waals surface area contributed by atoms with Crippen LogP contribution in [-0.2, 0) is 4.74 Å². The Morgan fingerprint density at radius 3 is 1.74 bits per heavy atom. The molecule has 2 aromatic carbocycles. The maximum Gasteiger partial charge on any atom is 0.337 e. The van der Waals surface area contributed by atoms with Crippen molar-refractivity contribution in [3.8, 4) is 0 Å². The Kier molecular flexibility index (Phi) is 3.71. The first-order valence-corrected chi connectivity index (χ1v) is 5.60. The van der Waals surface area contributed by atoms with Crippen molar-refractivity contribution in [1.29, 1.82) is 0 Å². The zero-order chi connectivity index (χ0) is 13.8. The lowest BCUT2D eigenvalue weighted by molar-refractivity contribution is 0.0600. The average molecular weight is 258 g/mol. The SMILES string of the molecule is COC(=O)c1ccc(C(=O)c2ccc(F)cc2)cc1. The Hall–Kier alpha value is -2.49. The molecule has 0 aromatic heterocycles. The summed E-state index contributed by atoms with van der Waals surface area (Å²) in [5.74, 6) is -1.07. The summed E-state index contributed by atoms with van der Waals surface area (Å²) in [6.07, 6.45) is 0. The fourth-order valence-electron chi connectivity index (χ4n) is 1.64. The van der Waals surface area contributed by atoms with Gasteiger partial charge in [0.2, 0.25) is 0 Å². The van der Waals surface area contributed by atoms with Crippen molar-refractivity contribution in [2.75, 3.05) is 7.11 Å². The monoisotopic (exact) mass is 258 g/mol. The molecular weight excluding hydrogens is 247 g/mol. The van der Waals surface area contributed by atoms with Crippen LogP contribution in [0.25, 0.3) is 0 Å². The van der Waals surface area contributed by atoms with E-state index in [1.165, 1.54) is 55.6 Å². The smallest absolute Gasteiger partial charge is 0.337 e. The third-order valence-corrected chi connectivity index (χ3v) is 2.67. The molecular formula is C15H11FO3. The first-order chi connectivity index (χ1) is 9.11. The van der Waals surface area contributed by atoms with Gasteiger partial charge in [-0.3, -0.25) is 4.79 Å². The van der Waals surface area contributed by atoms with Crippen LogP contribution >= 0.6 is 0 Å². The van der Waals surface area contributed by atoms with E-state index >= 15 is 0 Å². The van der Waals surface area contributed by atoms with E-state index in [1.807, 2.05) is 0 Å². The minimum absolute atomic E-state index is 0.226. The third-order valence-electron chi connectivity index (χ3n) is 2.67. The van der Waals surface area contributed by atoms with Gasteiger partial charge in [-0.2, -0.15) is 0 Å². The van der Waals surface area contributed by atoms with E-state index in [4.69, 9.17) is 0 Å². The lowest BCUT2D eigenvalue weighted by Gasteiger charge is -2.03. The van der Waals surface area contributed by atoms with Gasteiger partial charge in [-0.15, -0.1) is 0 Å². The zero-order valence-electron chi connectivity index (χ0n) is 10.2. The first kappa shape index (κ1) is 13.0. The molecule has 0 spiro atoms. The normalized spacial score (nSPS) is 10.0. The summed E-state index contributed by atoms with van der Waals surface area (Å²) in [6, 6.07) is 11.4. The van der Waals surface area contributed by atoms with Crippen molar-refractivity contribution in [3.63, 3.8) is 0 Å². The summed E-state index contributed by atoms with van der Waals surface area (Å²) < 4.78 is 17.3. The molecule has 0 radical (unpaired) electrons. The first-order valence-electron chi connectivity index (χ1n) is 5.60. The van der Waals surface area contributed by atoms with Gasteiger partial charge in [0, 0.05) is 11.1 Å². The number of rotatable bonds is 3. The highest BCUT2D eigenvalue weighted by Crippen LogP contribution is 2.12. The van der Waals surface area contributed by atoms with Crippen LogP contribution in [0.2, 0.25) is 0 Å². The Morgan fingerprint density at radius 2 is 1.26 bits per heavy atom. The molecule has 0 atom stereocenters. The maximum atomic E-state index is 12.8. The van der Waals surface area contributed by atoms with Crippen LogP contribution in [-0.4, -0.2) is 18.9 Å². The van der Waals surface area contributed by atoms with Crippen molar-refractivity contribution < 1.29 is 18.7 Å². The van der Waals surface area contributed by atoms with Crippen LogP contribution in [0, 0.1) is 5.82 Å². The Labute approximate surface area is 109 Å². The van der Waals surface area contributed by atoms with Gasteiger partial charge in [-0.05, 0) is 36.4 Å². The highest BCUT2D eigenvalue weighted by molar-refractivity contribution is 6.09. The van der Waals surface area contributed by atoms with Crippen LogP contribution in [0.3, 0.4) is 0 Å². The molecule has 0 aliphatic rings. The molecule has 0 aliphatic carbocycles. The minimum Gasteiger partial charge on any atom is -0.465 e. The Balaban J connectivity index is 2.25. The summed E-state index contributed by atoms with van der Waals surface area (Å²) in [7, 11) is 1.29. The number of esters is 1. The van der Waals surface area contributed by atoms with Crippen LogP contribution < -0.4 is 0 Å². The van der Waals surface area contributed by atoms with Gasteiger partial charge in [-0.25, -0.2) is 9.18 Å². The third kappa shape index (κ3) is 2.85. The van der Waals surface area contributed by atoms with E-state index < -0.39 is 11.8 Å². The lowest BCUT2D eigenvalue weighted by atomic mass is 10.0. The predicted octanol–water partition coefficient (Wildman–Crippen LogP) is 2.84. The summed E-state index contributed by atoms with van der Waals surface area (Å²) in [5.41, 5.74) is 1.20. The second-order valence-electron chi connectivity index (χ2n) is 3.90. The molecule has 0 heterocycles. The van der Waals surface area contributed by atoms with Gasteiger partial charge >= 0.3 is 5.97 Å². The molecule has 0 saturated heterocycles. The molecule has 3 nitrogen and oxygen atoms in total. The van der Waals surface area contributed by atoms with E-state index in [0.717, 1.165) is 0 Å². The summed E-state index contributed by atoms with van der Waals surface area (Å²) >= 11 is 0. The molecule has 0 saturated carbocycles. The molecule has 0 aliphatic heterocycles. The van der Waals surface area contributed by atoms with Gasteiger partial charge in [0.1, 0.15) is 5.82 Å². The lowest BCUT2D eigenvalue weighted by Crippen LogP contribution is -2.04. The summed E-state index contributed by atoms with van der Waals surface area (Å²) in [4.78, 5) is 23.3. The van der Waals surface area contributed by atoms with Gasteiger partial charge < -0.3 is 4.74 Å². The topological polar surface area (TPSA) is 43.4 Å².